The molecule has 0 bridgehead atoms. The molecule has 1 aromatic heterocycles. The molecule has 8 heteroatoms. The summed E-state index contributed by atoms with van der Waals surface area (Å²) in [6.45, 7) is 9.12. The van der Waals surface area contributed by atoms with Crippen LogP contribution >= 0.6 is 11.8 Å². The second kappa shape index (κ2) is 9.17. The van der Waals surface area contributed by atoms with Gasteiger partial charge in [0.25, 0.3) is 0 Å². The summed E-state index contributed by atoms with van der Waals surface area (Å²) >= 11 is 1.59. The van der Waals surface area contributed by atoms with E-state index in [1.807, 2.05) is 22.9 Å². The van der Waals surface area contributed by atoms with Gasteiger partial charge >= 0.3 is 0 Å². The Labute approximate surface area is 194 Å². The van der Waals surface area contributed by atoms with E-state index in [-0.39, 0.29) is 17.2 Å². The van der Waals surface area contributed by atoms with Crippen LogP contribution < -0.4 is 14.8 Å². The van der Waals surface area contributed by atoms with Gasteiger partial charge in [-0.1, -0.05) is 51.9 Å². The van der Waals surface area contributed by atoms with Crippen LogP contribution in [0, 0.1) is 5.41 Å². The third-order valence-corrected chi connectivity index (χ3v) is 6.56. The van der Waals surface area contributed by atoms with Crippen molar-refractivity contribution in [1.29, 1.82) is 0 Å². The molecule has 1 aromatic carbocycles. The third kappa shape index (κ3) is 4.37. The van der Waals surface area contributed by atoms with E-state index in [1.54, 1.807) is 18.9 Å². The molecular weight excluding hydrogens is 424 g/mol. The lowest BCUT2D eigenvalue weighted by molar-refractivity contribution is -0.118. The van der Waals surface area contributed by atoms with E-state index in [2.05, 4.69) is 33.0 Å². The predicted molar refractivity (Wildman–Crippen MR) is 127 cm³/mol. The third-order valence-electron chi connectivity index (χ3n) is 5.84. The molecule has 1 atom stereocenters. The average molecular weight is 457 g/mol. The van der Waals surface area contributed by atoms with Crippen LogP contribution in [0.3, 0.4) is 0 Å². The number of ether oxygens (including phenoxy) is 2. The van der Waals surface area contributed by atoms with Crippen LogP contribution in [-0.4, -0.2) is 40.0 Å². The van der Waals surface area contributed by atoms with Gasteiger partial charge in [-0.15, -0.1) is 5.10 Å². The van der Waals surface area contributed by atoms with E-state index < -0.39 is 0 Å². The minimum absolute atomic E-state index is 0.0919. The maximum atomic E-state index is 13.3. The standard InChI is InChI=1S/C24H32N4O3S/c1-6-8-11-31-18-10-9-15(12-19(18)30-5)21-20-16(13-24(3,4)14-17(20)29)25-22-26-23(32-7-2)27-28(21)22/h9-10,12,21H,6-8,11,13-14H2,1-5H3,(H,25,26,27). The van der Waals surface area contributed by atoms with E-state index in [4.69, 9.17) is 19.6 Å². The zero-order valence-electron chi connectivity index (χ0n) is 19.5. The molecule has 0 radical (unpaired) electrons. The van der Waals surface area contributed by atoms with Gasteiger partial charge < -0.3 is 14.8 Å². The fourth-order valence-corrected chi connectivity index (χ4v) is 4.94. The molecule has 1 unspecified atom stereocenters. The van der Waals surface area contributed by atoms with Crippen LogP contribution in [0.1, 0.15) is 65.0 Å². The molecule has 1 aliphatic carbocycles. The van der Waals surface area contributed by atoms with Crippen LogP contribution in [0.2, 0.25) is 0 Å². The number of fused-ring (bicyclic) bond motifs is 1. The maximum Gasteiger partial charge on any atom is 0.227 e. The zero-order chi connectivity index (χ0) is 22.9. The van der Waals surface area contributed by atoms with Gasteiger partial charge in [0.2, 0.25) is 11.1 Å². The van der Waals surface area contributed by atoms with Crippen molar-refractivity contribution in [3.05, 3.63) is 35.0 Å². The Hall–Kier alpha value is -2.48. The largest absolute Gasteiger partial charge is 0.493 e. The summed E-state index contributed by atoms with van der Waals surface area (Å²) in [5.74, 6) is 3.09. The Morgan fingerprint density at radius 2 is 2.06 bits per heavy atom. The van der Waals surface area contributed by atoms with Crippen molar-refractivity contribution in [1.82, 2.24) is 14.8 Å². The summed E-state index contributed by atoms with van der Waals surface area (Å²) in [6, 6.07) is 5.56. The Morgan fingerprint density at radius 1 is 1.25 bits per heavy atom. The molecule has 1 N–H and O–H groups in total. The summed E-state index contributed by atoms with van der Waals surface area (Å²) in [5.41, 5.74) is 2.57. The number of nitrogens with one attached hydrogen (secondary N) is 1. The lowest BCUT2D eigenvalue weighted by Gasteiger charge is -2.38. The predicted octanol–water partition coefficient (Wildman–Crippen LogP) is 5.24. The SMILES string of the molecule is CCCCOc1ccc(C2C3=C(CC(C)(C)CC3=O)Nc3nc(SCC)nn32)cc1OC. The molecule has 0 spiro atoms. The number of anilines is 1. The Kier molecular flexibility index (Phi) is 6.51. The van der Waals surface area contributed by atoms with Crippen LogP contribution in [0.5, 0.6) is 11.5 Å². The minimum Gasteiger partial charge on any atom is -0.493 e. The molecule has 4 rings (SSSR count). The van der Waals surface area contributed by atoms with Crippen molar-refractivity contribution < 1.29 is 14.3 Å². The molecule has 7 nitrogen and oxygen atoms in total. The Balaban J connectivity index is 1.79. The number of unbranched alkanes of at least 4 members (excludes halogenated alkanes) is 1. The highest BCUT2D eigenvalue weighted by Crippen LogP contribution is 2.46. The molecule has 0 saturated carbocycles. The molecular formula is C24H32N4O3S. The number of Topliss-reactive ketones (excluding diaryl/α,β-unsaturated/α-hetero) is 1. The van der Waals surface area contributed by atoms with Gasteiger partial charge in [-0.2, -0.15) is 4.98 Å². The van der Waals surface area contributed by atoms with Crippen molar-refractivity contribution >= 4 is 23.5 Å². The molecule has 1 aliphatic heterocycles. The van der Waals surface area contributed by atoms with Gasteiger partial charge in [-0.25, -0.2) is 4.68 Å². The van der Waals surface area contributed by atoms with Crippen LogP contribution in [0.25, 0.3) is 0 Å². The number of thioether (sulfide) groups is 1. The van der Waals surface area contributed by atoms with E-state index >= 15 is 0 Å². The lowest BCUT2D eigenvalue weighted by Crippen LogP contribution is -2.36. The number of carbonyl (C=O) groups is 1. The zero-order valence-corrected chi connectivity index (χ0v) is 20.3. The van der Waals surface area contributed by atoms with E-state index in [9.17, 15) is 4.79 Å². The average Bonchev–Trinajstić information content (AvgIpc) is 3.14. The summed E-state index contributed by atoms with van der Waals surface area (Å²) < 4.78 is 13.4. The molecule has 172 valence electrons. The smallest absolute Gasteiger partial charge is 0.227 e. The van der Waals surface area contributed by atoms with Gasteiger partial charge in [0, 0.05) is 17.7 Å². The second-order valence-electron chi connectivity index (χ2n) is 9.07. The second-order valence-corrected chi connectivity index (χ2v) is 10.3. The highest BCUT2D eigenvalue weighted by molar-refractivity contribution is 7.99. The first-order valence-corrected chi connectivity index (χ1v) is 12.3. The lowest BCUT2D eigenvalue weighted by atomic mass is 9.73. The van der Waals surface area contributed by atoms with Crippen LogP contribution in [0.4, 0.5) is 5.95 Å². The molecule has 2 aromatic rings. The van der Waals surface area contributed by atoms with Gasteiger partial charge in [-0.3, -0.25) is 4.79 Å². The van der Waals surface area contributed by atoms with Crippen molar-refractivity contribution in [2.75, 3.05) is 24.8 Å². The number of nitrogens with zero attached hydrogens (tertiary/aromatic N) is 3. The molecule has 32 heavy (non-hydrogen) atoms. The fourth-order valence-electron chi connectivity index (χ4n) is 4.39. The highest BCUT2D eigenvalue weighted by atomic mass is 32.2. The van der Waals surface area contributed by atoms with Gasteiger partial charge in [0.05, 0.1) is 13.7 Å². The number of allylic oxidation sites excluding steroid dienone is 2. The number of benzene rings is 1. The molecule has 2 aliphatic rings. The van der Waals surface area contributed by atoms with E-state index in [1.165, 1.54) is 0 Å². The van der Waals surface area contributed by atoms with Crippen LogP contribution in [-0.2, 0) is 4.79 Å². The normalized spacial score (nSPS) is 19.3. The summed E-state index contributed by atoms with van der Waals surface area (Å²) in [4.78, 5) is 18.0. The molecule has 0 saturated heterocycles. The number of methoxy groups -OCH3 is 1. The van der Waals surface area contributed by atoms with Crippen molar-refractivity contribution in [2.24, 2.45) is 5.41 Å². The summed E-state index contributed by atoms with van der Waals surface area (Å²) in [7, 11) is 1.64. The van der Waals surface area contributed by atoms with Crippen molar-refractivity contribution in [3.8, 4) is 11.5 Å². The van der Waals surface area contributed by atoms with Crippen LogP contribution in [0.15, 0.2) is 34.6 Å². The number of carbonyl (C=O) groups excluding carboxylic acids is 1. The monoisotopic (exact) mass is 456 g/mol. The highest BCUT2D eigenvalue weighted by Gasteiger charge is 2.42. The number of rotatable bonds is 8. The summed E-state index contributed by atoms with van der Waals surface area (Å²) in [6.07, 6.45) is 3.36. The molecule has 2 heterocycles. The van der Waals surface area contributed by atoms with E-state index in [0.29, 0.717) is 35.6 Å². The van der Waals surface area contributed by atoms with E-state index in [0.717, 1.165) is 41.8 Å². The Morgan fingerprint density at radius 3 is 2.78 bits per heavy atom. The quantitative estimate of drug-likeness (QED) is 0.430. The van der Waals surface area contributed by atoms with Gasteiger partial charge in [0.15, 0.2) is 17.3 Å². The molecule has 0 fully saturated rings. The number of aromatic nitrogens is 3. The first kappa shape index (κ1) is 22.7. The first-order valence-electron chi connectivity index (χ1n) is 11.3. The number of ketones is 1. The number of hydrogen-bond donors (Lipinski definition) is 1. The molecule has 0 amide bonds. The fraction of sp³-hybridized carbons (Fsp3) is 0.542. The van der Waals surface area contributed by atoms with Crippen molar-refractivity contribution in [2.45, 2.75) is 64.6 Å². The maximum absolute atomic E-state index is 13.3. The number of hydrogen-bond acceptors (Lipinski definition) is 7. The topological polar surface area (TPSA) is 78.3 Å². The Bertz CT molecular complexity index is 1040. The van der Waals surface area contributed by atoms with Crippen molar-refractivity contribution in [3.63, 3.8) is 0 Å². The minimum atomic E-state index is -0.345. The van der Waals surface area contributed by atoms with Gasteiger partial charge in [-0.05, 0) is 41.7 Å². The first-order chi connectivity index (χ1) is 15.4. The summed E-state index contributed by atoms with van der Waals surface area (Å²) in [5, 5.41) is 8.87. The van der Waals surface area contributed by atoms with Gasteiger partial charge in [0.1, 0.15) is 6.04 Å².